The Morgan fingerprint density at radius 1 is 1.73 bits per heavy atom. The van der Waals surface area contributed by atoms with E-state index in [-0.39, 0.29) is 11.7 Å². The number of hydrogen-bond acceptors (Lipinski definition) is 4. The lowest BCUT2D eigenvalue weighted by molar-refractivity contribution is 0.0694. The summed E-state index contributed by atoms with van der Waals surface area (Å²) in [7, 11) is 1.63. The highest BCUT2D eigenvalue weighted by Gasteiger charge is 2.12. The number of rotatable bonds is 6. The largest absolute Gasteiger partial charge is 0.478 e. The molecule has 0 fully saturated rings. The van der Waals surface area contributed by atoms with Crippen molar-refractivity contribution in [3.05, 3.63) is 23.7 Å². The molecule has 0 aliphatic carbocycles. The van der Waals surface area contributed by atoms with Gasteiger partial charge in [-0.3, -0.25) is 0 Å². The van der Waals surface area contributed by atoms with E-state index in [1.165, 1.54) is 12.3 Å². The maximum atomic E-state index is 10.7. The summed E-state index contributed by atoms with van der Waals surface area (Å²) < 4.78 is 10.1. The molecule has 1 aromatic heterocycles. The molecule has 0 spiro atoms. The predicted molar refractivity (Wildman–Crippen MR) is 53.8 cm³/mol. The second-order valence-electron chi connectivity index (χ2n) is 3.24. The molecule has 0 bridgehead atoms. The Morgan fingerprint density at radius 3 is 3.07 bits per heavy atom. The van der Waals surface area contributed by atoms with Crippen molar-refractivity contribution in [1.82, 2.24) is 5.32 Å². The van der Waals surface area contributed by atoms with E-state index in [0.717, 1.165) is 0 Å². The van der Waals surface area contributed by atoms with Crippen molar-refractivity contribution in [3.63, 3.8) is 0 Å². The third-order valence-corrected chi connectivity index (χ3v) is 2.10. The Hall–Kier alpha value is -1.33. The number of hydrogen-bond donors (Lipinski definition) is 2. The first-order valence-corrected chi connectivity index (χ1v) is 4.68. The minimum absolute atomic E-state index is 0.0910. The van der Waals surface area contributed by atoms with E-state index in [0.29, 0.717) is 18.8 Å². The van der Waals surface area contributed by atoms with E-state index in [1.807, 2.05) is 6.92 Å². The van der Waals surface area contributed by atoms with Crippen LogP contribution in [0.1, 0.15) is 23.0 Å². The van der Waals surface area contributed by atoms with E-state index < -0.39 is 5.97 Å². The number of carboxylic acids is 1. The molecule has 0 radical (unpaired) electrons. The SMILES string of the molecule is COC(C)CNCc1occc1C(=O)O. The maximum absolute atomic E-state index is 10.7. The van der Waals surface area contributed by atoms with Gasteiger partial charge < -0.3 is 19.6 Å². The van der Waals surface area contributed by atoms with Gasteiger partial charge in [0.25, 0.3) is 0 Å². The normalized spacial score (nSPS) is 12.7. The van der Waals surface area contributed by atoms with Crippen LogP contribution in [-0.4, -0.2) is 30.8 Å². The molecule has 0 aromatic carbocycles. The monoisotopic (exact) mass is 213 g/mol. The minimum atomic E-state index is -0.972. The molecule has 1 aromatic rings. The van der Waals surface area contributed by atoms with Crippen LogP contribution in [0.5, 0.6) is 0 Å². The van der Waals surface area contributed by atoms with E-state index >= 15 is 0 Å². The summed E-state index contributed by atoms with van der Waals surface area (Å²) in [5.74, 6) is -0.536. The van der Waals surface area contributed by atoms with Gasteiger partial charge in [-0.2, -0.15) is 0 Å². The number of nitrogens with one attached hydrogen (secondary N) is 1. The van der Waals surface area contributed by atoms with Crippen LogP contribution in [0.15, 0.2) is 16.7 Å². The van der Waals surface area contributed by atoms with Gasteiger partial charge in [0.05, 0.1) is 18.9 Å². The first-order chi connectivity index (χ1) is 7.15. The van der Waals surface area contributed by atoms with Crippen molar-refractivity contribution in [2.24, 2.45) is 0 Å². The van der Waals surface area contributed by atoms with Gasteiger partial charge >= 0.3 is 5.97 Å². The molecule has 1 unspecified atom stereocenters. The molecule has 5 nitrogen and oxygen atoms in total. The predicted octanol–water partition coefficient (Wildman–Crippen LogP) is 1.10. The van der Waals surface area contributed by atoms with Gasteiger partial charge in [0, 0.05) is 13.7 Å². The van der Waals surface area contributed by atoms with Crippen molar-refractivity contribution >= 4 is 5.97 Å². The fourth-order valence-electron chi connectivity index (χ4n) is 1.14. The summed E-state index contributed by atoms with van der Waals surface area (Å²) in [4.78, 5) is 10.7. The second-order valence-corrected chi connectivity index (χ2v) is 3.24. The lowest BCUT2D eigenvalue weighted by Gasteiger charge is -2.09. The number of furan rings is 1. The van der Waals surface area contributed by atoms with Gasteiger partial charge in [0.2, 0.25) is 0 Å². The van der Waals surface area contributed by atoms with Gasteiger partial charge in [0.15, 0.2) is 0 Å². The topological polar surface area (TPSA) is 71.7 Å². The quantitative estimate of drug-likeness (QED) is 0.740. The summed E-state index contributed by atoms with van der Waals surface area (Å²) in [5.41, 5.74) is 0.201. The van der Waals surface area contributed by atoms with E-state index in [4.69, 9.17) is 14.3 Å². The lowest BCUT2D eigenvalue weighted by Crippen LogP contribution is -2.25. The zero-order valence-electron chi connectivity index (χ0n) is 8.82. The molecule has 0 amide bonds. The zero-order chi connectivity index (χ0) is 11.3. The lowest BCUT2D eigenvalue weighted by atomic mass is 10.2. The number of aromatic carboxylic acids is 1. The molecule has 0 aliphatic heterocycles. The molecule has 0 saturated carbocycles. The average Bonchev–Trinajstić information content (AvgIpc) is 2.65. The van der Waals surface area contributed by atoms with Crippen LogP contribution >= 0.6 is 0 Å². The first kappa shape index (κ1) is 11.7. The highest BCUT2D eigenvalue weighted by atomic mass is 16.5. The highest BCUT2D eigenvalue weighted by Crippen LogP contribution is 2.09. The average molecular weight is 213 g/mol. The fraction of sp³-hybridized carbons (Fsp3) is 0.500. The Balaban J connectivity index is 2.44. The fourth-order valence-corrected chi connectivity index (χ4v) is 1.14. The van der Waals surface area contributed by atoms with Crippen molar-refractivity contribution < 1.29 is 19.1 Å². The second kappa shape index (κ2) is 5.53. The van der Waals surface area contributed by atoms with Crippen LogP contribution in [0, 0.1) is 0 Å². The molecule has 5 heteroatoms. The molecule has 1 rings (SSSR count). The first-order valence-electron chi connectivity index (χ1n) is 4.68. The maximum Gasteiger partial charge on any atom is 0.339 e. The van der Waals surface area contributed by atoms with Crippen LogP contribution in [0.4, 0.5) is 0 Å². The van der Waals surface area contributed by atoms with Crippen molar-refractivity contribution in [1.29, 1.82) is 0 Å². The van der Waals surface area contributed by atoms with Crippen LogP contribution in [0.2, 0.25) is 0 Å². The Kier molecular flexibility index (Phi) is 4.33. The summed E-state index contributed by atoms with van der Waals surface area (Å²) >= 11 is 0. The third-order valence-electron chi connectivity index (χ3n) is 2.10. The number of carboxylic acid groups (broad SMARTS) is 1. The standard InChI is InChI=1S/C10H15NO4/c1-7(14-2)5-11-6-9-8(10(12)13)3-4-15-9/h3-4,7,11H,5-6H2,1-2H3,(H,12,13). The number of methoxy groups -OCH3 is 1. The Morgan fingerprint density at radius 2 is 2.47 bits per heavy atom. The van der Waals surface area contributed by atoms with Gasteiger partial charge in [-0.1, -0.05) is 0 Å². The van der Waals surface area contributed by atoms with Crippen LogP contribution < -0.4 is 5.32 Å². The minimum Gasteiger partial charge on any atom is -0.478 e. The number of ether oxygens (including phenoxy) is 1. The van der Waals surface area contributed by atoms with Crippen LogP contribution in [0.25, 0.3) is 0 Å². The summed E-state index contributed by atoms with van der Waals surface area (Å²) in [6.45, 7) is 2.96. The Bertz CT molecular complexity index is 321. The Labute approximate surface area is 88.0 Å². The summed E-state index contributed by atoms with van der Waals surface area (Å²) in [6.07, 6.45) is 1.47. The molecule has 84 valence electrons. The third kappa shape index (κ3) is 3.38. The van der Waals surface area contributed by atoms with E-state index in [1.54, 1.807) is 7.11 Å². The molecular formula is C10H15NO4. The van der Waals surface area contributed by atoms with Crippen molar-refractivity contribution in [3.8, 4) is 0 Å². The van der Waals surface area contributed by atoms with Gasteiger partial charge in [0.1, 0.15) is 11.3 Å². The van der Waals surface area contributed by atoms with E-state index in [9.17, 15) is 4.79 Å². The van der Waals surface area contributed by atoms with Gasteiger partial charge in [-0.25, -0.2) is 4.79 Å². The molecule has 0 saturated heterocycles. The number of carbonyl (C=O) groups is 1. The molecule has 2 N–H and O–H groups in total. The van der Waals surface area contributed by atoms with Gasteiger partial charge in [-0.05, 0) is 13.0 Å². The zero-order valence-corrected chi connectivity index (χ0v) is 8.82. The smallest absolute Gasteiger partial charge is 0.339 e. The van der Waals surface area contributed by atoms with E-state index in [2.05, 4.69) is 5.32 Å². The molecule has 15 heavy (non-hydrogen) atoms. The van der Waals surface area contributed by atoms with Crippen LogP contribution in [0.3, 0.4) is 0 Å². The molecule has 1 heterocycles. The van der Waals surface area contributed by atoms with Crippen molar-refractivity contribution in [2.45, 2.75) is 19.6 Å². The summed E-state index contributed by atoms with van der Waals surface area (Å²) in [6, 6.07) is 1.44. The molecular weight excluding hydrogens is 198 g/mol. The molecule has 0 aliphatic rings. The van der Waals surface area contributed by atoms with Crippen molar-refractivity contribution in [2.75, 3.05) is 13.7 Å². The summed E-state index contributed by atoms with van der Waals surface area (Å²) in [5, 5.41) is 11.8. The van der Waals surface area contributed by atoms with Crippen LogP contribution in [-0.2, 0) is 11.3 Å². The van der Waals surface area contributed by atoms with Gasteiger partial charge in [-0.15, -0.1) is 0 Å². The highest BCUT2D eigenvalue weighted by molar-refractivity contribution is 5.88. The molecule has 1 atom stereocenters.